The number of hydrogen-bond acceptors (Lipinski definition) is 4. The van der Waals surface area contributed by atoms with E-state index in [4.69, 9.17) is 0 Å². The number of anilines is 1. The molecule has 112 valence electrons. The minimum absolute atomic E-state index is 0.0203. The Morgan fingerprint density at radius 2 is 1.95 bits per heavy atom. The summed E-state index contributed by atoms with van der Waals surface area (Å²) in [5, 5.41) is 2.66. The summed E-state index contributed by atoms with van der Waals surface area (Å²) in [6.07, 6.45) is 0. The van der Waals surface area contributed by atoms with Crippen molar-refractivity contribution in [2.24, 2.45) is 0 Å². The van der Waals surface area contributed by atoms with Crippen LogP contribution in [0.15, 0.2) is 42.8 Å². The molecule has 1 aromatic heterocycles. The number of nitrogens with one attached hydrogen (secondary N) is 1. The Balaban J connectivity index is 2.37. The van der Waals surface area contributed by atoms with Gasteiger partial charge in [0.05, 0.1) is 29.5 Å². The summed E-state index contributed by atoms with van der Waals surface area (Å²) in [4.78, 5) is 12.4. The van der Waals surface area contributed by atoms with Gasteiger partial charge in [-0.05, 0) is 50.1 Å². The van der Waals surface area contributed by atoms with E-state index in [0.717, 1.165) is 3.79 Å². The fourth-order valence-corrected chi connectivity index (χ4v) is 5.53. The Kier molecular flexibility index (Phi) is 5.24. The van der Waals surface area contributed by atoms with Crippen molar-refractivity contribution in [3.8, 4) is 0 Å². The molecular weight excluding hydrogens is 442 g/mol. The van der Waals surface area contributed by atoms with E-state index in [1.807, 2.05) is 0 Å². The van der Waals surface area contributed by atoms with Crippen molar-refractivity contribution in [3.63, 3.8) is 0 Å². The molecule has 0 bridgehead atoms. The maximum atomic E-state index is 12.3. The predicted octanol–water partition coefficient (Wildman–Crippen LogP) is 4.32. The highest BCUT2D eigenvalue weighted by atomic mass is 79.9. The first-order valence-corrected chi connectivity index (χ1v) is 9.98. The molecule has 8 heteroatoms. The number of rotatable bonds is 4. The number of amides is 1. The molecule has 2 aromatic rings. The number of para-hydroxylation sites is 1. The lowest BCUT2D eigenvalue weighted by Gasteiger charge is -2.10. The van der Waals surface area contributed by atoms with Crippen molar-refractivity contribution < 1.29 is 13.2 Å². The SMILES string of the molecule is CCS(=O)(=O)c1ccccc1NC(=O)c1cc(Br)sc1Br. The van der Waals surface area contributed by atoms with Gasteiger partial charge in [0.25, 0.3) is 5.91 Å². The zero-order chi connectivity index (χ0) is 15.6. The second kappa shape index (κ2) is 6.60. The summed E-state index contributed by atoms with van der Waals surface area (Å²) < 4.78 is 25.6. The zero-order valence-corrected chi connectivity index (χ0v) is 15.7. The molecule has 2 rings (SSSR count). The average Bonchev–Trinajstić information content (AvgIpc) is 2.78. The minimum atomic E-state index is -3.39. The molecule has 0 spiro atoms. The van der Waals surface area contributed by atoms with Crippen LogP contribution in [0.1, 0.15) is 17.3 Å². The third kappa shape index (κ3) is 3.74. The van der Waals surface area contributed by atoms with Gasteiger partial charge in [-0.2, -0.15) is 0 Å². The molecule has 0 aliphatic rings. The first kappa shape index (κ1) is 16.7. The number of carbonyl (C=O) groups is 1. The van der Waals surface area contributed by atoms with Crippen LogP contribution in [0.2, 0.25) is 0 Å². The molecule has 0 saturated heterocycles. The van der Waals surface area contributed by atoms with Gasteiger partial charge < -0.3 is 5.32 Å². The molecule has 4 nitrogen and oxygen atoms in total. The summed E-state index contributed by atoms with van der Waals surface area (Å²) in [5.41, 5.74) is 0.745. The molecule has 0 atom stereocenters. The highest BCUT2D eigenvalue weighted by Crippen LogP contribution is 2.32. The largest absolute Gasteiger partial charge is 0.321 e. The van der Waals surface area contributed by atoms with Crippen LogP contribution in [0.3, 0.4) is 0 Å². The Bertz CT molecular complexity index is 784. The number of benzene rings is 1. The number of sulfone groups is 1. The van der Waals surface area contributed by atoms with Crippen LogP contribution in [0.5, 0.6) is 0 Å². The van der Waals surface area contributed by atoms with E-state index in [1.165, 1.54) is 17.4 Å². The Hall–Kier alpha value is -0.700. The second-order valence-electron chi connectivity index (χ2n) is 4.09. The van der Waals surface area contributed by atoms with E-state index in [2.05, 4.69) is 37.2 Å². The predicted molar refractivity (Wildman–Crippen MR) is 91.8 cm³/mol. The van der Waals surface area contributed by atoms with Crippen molar-refractivity contribution in [3.05, 3.63) is 43.5 Å². The van der Waals surface area contributed by atoms with Gasteiger partial charge in [0.2, 0.25) is 0 Å². The fourth-order valence-electron chi connectivity index (χ4n) is 1.68. The van der Waals surface area contributed by atoms with Crippen LogP contribution in [0.25, 0.3) is 0 Å². The van der Waals surface area contributed by atoms with Gasteiger partial charge in [-0.25, -0.2) is 8.42 Å². The molecule has 21 heavy (non-hydrogen) atoms. The molecule has 0 saturated carbocycles. The Labute approximate surface area is 143 Å². The molecule has 0 unspecified atom stereocenters. The Morgan fingerprint density at radius 1 is 1.29 bits per heavy atom. The van der Waals surface area contributed by atoms with Crippen LogP contribution in [0.4, 0.5) is 5.69 Å². The first-order valence-electron chi connectivity index (χ1n) is 5.93. The van der Waals surface area contributed by atoms with E-state index in [9.17, 15) is 13.2 Å². The Morgan fingerprint density at radius 3 is 2.52 bits per heavy atom. The van der Waals surface area contributed by atoms with Gasteiger partial charge in [0.15, 0.2) is 9.84 Å². The number of thiophene rings is 1. The number of halogens is 2. The van der Waals surface area contributed by atoms with E-state index >= 15 is 0 Å². The average molecular weight is 453 g/mol. The van der Waals surface area contributed by atoms with Crippen LogP contribution in [-0.2, 0) is 9.84 Å². The van der Waals surface area contributed by atoms with Gasteiger partial charge in [-0.15, -0.1) is 11.3 Å². The summed E-state index contributed by atoms with van der Waals surface area (Å²) in [6, 6.07) is 8.07. The fraction of sp³-hybridized carbons (Fsp3) is 0.154. The molecule has 0 aliphatic carbocycles. The highest BCUT2D eigenvalue weighted by Gasteiger charge is 2.19. The highest BCUT2D eigenvalue weighted by molar-refractivity contribution is 9.12. The van der Waals surface area contributed by atoms with E-state index in [1.54, 1.807) is 31.2 Å². The van der Waals surface area contributed by atoms with Crippen molar-refractivity contribution in [2.45, 2.75) is 11.8 Å². The van der Waals surface area contributed by atoms with Crippen LogP contribution < -0.4 is 5.32 Å². The van der Waals surface area contributed by atoms with E-state index in [-0.39, 0.29) is 16.6 Å². The zero-order valence-electron chi connectivity index (χ0n) is 10.9. The third-order valence-corrected chi connectivity index (χ3v) is 6.88. The van der Waals surface area contributed by atoms with Crippen LogP contribution in [0, 0.1) is 0 Å². The molecule has 0 aliphatic heterocycles. The van der Waals surface area contributed by atoms with E-state index < -0.39 is 9.84 Å². The number of hydrogen-bond donors (Lipinski definition) is 1. The third-order valence-electron chi connectivity index (χ3n) is 2.75. The van der Waals surface area contributed by atoms with Crippen molar-refractivity contribution in [1.29, 1.82) is 0 Å². The first-order chi connectivity index (χ1) is 9.85. The molecule has 0 fully saturated rings. The molecule has 1 heterocycles. The van der Waals surface area contributed by atoms with Crippen molar-refractivity contribution >= 4 is 64.6 Å². The normalized spacial score (nSPS) is 11.4. The summed E-state index contributed by atoms with van der Waals surface area (Å²) in [5.74, 6) is -0.379. The van der Waals surface area contributed by atoms with Crippen LogP contribution in [-0.4, -0.2) is 20.1 Å². The van der Waals surface area contributed by atoms with Gasteiger partial charge in [0, 0.05) is 0 Å². The lowest BCUT2D eigenvalue weighted by atomic mass is 10.3. The molecule has 0 radical (unpaired) electrons. The van der Waals surface area contributed by atoms with Gasteiger partial charge in [0.1, 0.15) is 0 Å². The molecule has 1 aromatic carbocycles. The topological polar surface area (TPSA) is 63.2 Å². The van der Waals surface area contributed by atoms with Gasteiger partial charge >= 0.3 is 0 Å². The monoisotopic (exact) mass is 451 g/mol. The molecule has 1 amide bonds. The summed E-state index contributed by atoms with van der Waals surface area (Å²) in [6.45, 7) is 1.57. The van der Waals surface area contributed by atoms with Crippen molar-refractivity contribution in [2.75, 3.05) is 11.1 Å². The molecular formula is C13H11Br2NO3S2. The standard InChI is InChI=1S/C13H11Br2NO3S2/c1-2-21(18,19)10-6-4-3-5-9(10)16-13(17)8-7-11(14)20-12(8)15/h3-7H,2H2,1H3,(H,16,17). The summed E-state index contributed by atoms with van der Waals surface area (Å²) in [7, 11) is -3.39. The van der Waals surface area contributed by atoms with Gasteiger partial charge in [-0.1, -0.05) is 19.1 Å². The number of carbonyl (C=O) groups excluding carboxylic acids is 1. The maximum Gasteiger partial charge on any atom is 0.257 e. The summed E-state index contributed by atoms with van der Waals surface area (Å²) >= 11 is 8.00. The lowest BCUT2D eigenvalue weighted by Crippen LogP contribution is -2.15. The van der Waals surface area contributed by atoms with Crippen LogP contribution >= 0.6 is 43.2 Å². The minimum Gasteiger partial charge on any atom is -0.321 e. The second-order valence-corrected chi connectivity index (χ2v) is 10.1. The maximum absolute atomic E-state index is 12.3. The van der Waals surface area contributed by atoms with E-state index in [0.29, 0.717) is 15.0 Å². The van der Waals surface area contributed by atoms with Crippen molar-refractivity contribution in [1.82, 2.24) is 0 Å². The smallest absolute Gasteiger partial charge is 0.257 e. The lowest BCUT2D eigenvalue weighted by molar-refractivity contribution is 0.102. The van der Waals surface area contributed by atoms with Gasteiger partial charge in [-0.3, -0.25) is 4.79 Å². The molecule has 1 N–H and O–H groups in total. The quantitative estimate of drug-likeness (QED) is 0.751.